The molecule has 0 unspecified atom stereocenters. The monoisotopic (exact) mass is 1250 g/mol. The normalized spacial score (nSPS) is 23.0. The smallest absolute Gasteiger partial charge is 0.329 e. The topological polar surface area (TPSA) is 222 Å². The van der Waals surface area contributed by atoms with Crippen LogP contribution in [0.2, 0.25) is 0 Å². The van der Waals surface area contributed by atoms with Crippen LogP contribution >= 0.6 is 22.6 Å². The number of ether oxygens (including phenoxy) is 4. The molecule has 5 rings (SSSR count). The van der Waals surface area contributed by atoms with Crippen LogP contribution in [0.5, 0.6) is 0 Å². The van der Waals surface area contributed by atoms with Crippen LogP contribution in [-0.2, 0) is 83.2 Å². The number of aromatic nitrogens is 4. The Labute approximate surface area is 497 Å². The minimum absolute atomic E-state index is 0.0837. The van der Waals surface area contributed by atoms with E-state index in [1.165, 1.54) is 42.0 Å². The summed E-state index contributed by atoms with van der Waals surface area (Å²) in [6.45, 7) is 20.5. The fourth-order valence-electron chi connectivity index (χ4n) is 9.82. The number of rotatable bonds is 16. The average molecular weight is 1250 g/mol. The van der Waals surface area contributed by atoms with E-state index in [1.54, 1.807) is 21.8 Å². The highest BCUT2D eigenvalue weighted by Crippen LogP contribution is 2.25. The summed E-state index contributed by atoms with van der Waals surface area (Å²) < 4.78 is 28.8. The minimum Gasteiger partial charge on any atom is -0.451 e. The zero-order valence-electron chi connectivity index (χ0n) is 50.4. The van der Waals surface area contributed by atoms with Gasteiger partial charge in [0.2, 0.25) is 0 Å². The van der Waals surface area contributed by atoms with Gasteiger partial charge in [-0.25, -0.2) is 19.2 Å². The molecule has 0 bridgehead atoms. The van der Waals surface area contributed by atoms with Gasteiger partial charge in [0.15, 0.2) is 24.4 Å². The molecule has 3 heterocycles. The Morgan fingerprint density at radius 1 is 0.439 bits per heavy atom. The number of hydrogen-bond donors (Lipinski definition) is 0. The molecule has 448 valence electrons. The average Bonchev–Trinajstić information content (AvgIpc) is 4.13. The first kappa shape index (κ1) is 66.2. The molecule has 0 saturated carbocycles. The molecule has 4 aromatic rings. The predicted molar refractivity (Wildman–Crippen MR) is 315 cm³/mol. The van der Waals surface area contributed by atoms with E-state index in [1.807, 2.05) is 123 Å². The summed E-state index contributed by atoms with van der Waals surface area (Å²) >= 11 is 2.18. The summed E-state index contributed by atoms with van der Waals surface area (Å²) in [5, 5.41) is 8.75. The van der Waals surface area contributed by atoms with Crippen molar-refractivity contribution in [3.63, 3.8) is 0 Å². The Balaban J connectivity index is 1.59. The van der Waals surface area contributed by atoms with Crippen LogP contribution in [0.15, 0.2) is 73.3 Å². The number of carbonyl (C=O) groups excluding carboxylic acids is 8. The third-order valence-corrected chi connectivity index (χ3v) is 15.0. The van der Waals surface area contributed by atoms with Gasteiger partial charge in [0.25, 0.3) is 23.6 Å². The first-order chi connectivity index (χ1) is 38.5. The molecule has 82 heavy (non-hydrogen) atoms. The van der Waals surface area contributed by atoms with Crippen molar-refractivity contribution in [1.82, 2.24) is 39.2 Å². The molecule has 0 N–H and O–H groups in total. The maximum absolute atomic E-state index is 15.0. The molecular weight excluding hydrogens is 1160 g/mol. The maximum Gasteiger partial charge on any atom is 0.329 e. The van der Waals surface area contributed by atoms with Crippen LogP contribution < -0.4 is 0 Å². The Morgan fingerprint density at radius 3 is 1.02 bits per heavy atom. The van der Waals surface area contributed by atoms with E-state index in [-0.39, 0.29) is 62.2 Å². The molecule has 0 aliphatic carbocycles. The molecular formula is C61H85IN8O12. The number of aryl methyl sites for hydroxylation is 1. The van der Waals surface area contributed by atoms with Crippen molar-refractivity contribution in [3.05, 3.63) is 105 Å². The van der Waals surface area contributed by atoms with E-state index in [0.717, 1.165) is 39.9 Å². The summed E-state index contributed by atoms with van der Waals surface area (Å²) in [7, 11) is 5.58. The molecule has 1 fully saturated rings. The molecule has 1 aliphatic heterocycles. The van der Waals surface area contributed by atoms with Gasteiger partial charge in [-0.1, -0.05) is 104 Å². The zero-order valence-corrected chi connectivity index (χ0v) is 52.5. The van der Waals surface area contributed by atoms with Crippen molar-refractivity contribution in [2.45, 2.75) is 176 Å². The Bertz CT molecular complexity index is 2620. The first-order valence-corrected chi connectivity index (χ1v) is 29.3. The lowest BCUT2D eigenvalue weighted by Crippen LogP contribution is -2.55. The fourth-order valence-corrected chi connectivity index (χ4v) is 10.3. The molecule has 21 heteroatoms. The fraction of sp³-hybridized carbons (Fsp3) is 0.574. The first-order valence-electron chi connectivity index (χ1n) is 28.2. The van der Waals surface area contributed by atoms with E-state index >= 15 is 9.59 Å². The molecule has 1 saturated heterocycles. The number of nitrogens with zero attached hydrogens (tertiary/aromatic N) is 8. The summed E-state index contributed by atoms with van der Waals surface area (Å²) in [5.41, 5.74) is 4.08. The van der Waals surface area contributed by atoms with Gasteiger partial charge in [0, 0.05) is 53.4 Å². The summed E-state index contributed by atoms with van der Waals surface area (Å²) in [6, 6.07) is 9.60. The molecule has 1 aliphatic rings. The van der Waals surface area contributed by atoms with Crippen LogP contribution in [0.25, 0.3) is 0 Å². The molecule has 0 radical (unpaired) electrons. The number of carbonyl (C=O) groups is 8. The van der Waals surface area contributed by atoms with Gasteiger partial charge >= 0.3 is 23.9 Å². The largest absolute Gasteiger partial charge is 0.451 e. The van der Waals surface area contributed by atoms with E-state index < -0.39 is 96.1 Å². The number of hydrogen-bond acceptors (Lipinski definition) is 14. The van der Waals surface area contributed by atoms with Crippen molar-refractivity contribution in [2.24, 2.45) is 23.7 Å². The highest BCUT2D eigenvalue weighted by Gasteiger charge is 2.43. The van der Waals surface area contributed by atoms with Crippen molar-refractivity contribution >= 4 is 70.1 Å². The van der Waals surface area contributed by atoms with Crippen LogP contribution in [0.3, 0.4) is 0 Å². The second-order valence-corrected chi connectivity index (χ2v) is 24.7. The third kappa shape index (κ3) is 18.7. The summed E-state index contributed by atoms with van der Waals surface area (Å²) in [5.74, 6) is -7.41. The predicted octanol–water partition coefficient (Wildman–Crippen LogP) is 7.07. The minimum atomic E-state index is -1.53. The lowest BCUT2D eigenvalue weighted by molar-refractivity contribution is -0.176. The van der Waals surface area contributed by atoms with Crippen molar-refractivity contribution in [2.75, 3.05) is 28.2 Å². The van der Waals surface area contributed by atoms with Crippen LogP contribution in [0.4, 0.5) is 0 Å². The highest BCUT2D eigenvalue weighted by atomic mass is 127. The lowest BCUT2D eigenvalue weighted by atomic mass is 9.99. The molecule has 8 atom stereocenters. The number of benzene rings is 2. The second-order valence-electron chi connectivity index (χ2n) is 23.5. The molecule has 4 amide bonds. The molecule has 2 aromatic heterocycles. The second kappa shape index (κ2) is 30.1. The van der Waals surface area contributed by atoms with Gasteiger partial charge in [-0.15, -0.1) is 0 Å². The SMILES string of the molecule is Cc1cnn(Cc2ccc(C[C@H]3OC(=O)[C@H](CC(C)C)N(C)C(=O)[C@@H](C)OC(=O)[C@H](CC(C)C)N(C)C(=O)[C@@H](Cc4ccc(Cn5cc(I)cn5)cc4)OC(=O)[C@H](CC(C)C)N(C)C(=O)[C@@H](C)OC(=O)[C@H](CC(C)C)N(C)C3=O)cc2)c1. The van der Waals surface area contributed by atoms with Gasteiger partial charge in [0.1, 0.15) is 24.2 Å². The number of likely N-dealkylation sites (N-methyl/N-ethyl adjacent to an activating group) is 4. The Hall–Kier alpha value is -6.65. The number of cyclic esters (lactones) is 4. The van der Waals surface area contributed by atoms with Crippen molar-refractivity contribution in [3.8, 4) is 0 Å². The number of halogens is 1. The maximum atomic E-state index is 15.0. The van der Waals surface area contributed by atoms with E-state index in [0.29, 0.717) is 24.2 Å². The summed E-state index contributed by atoms with van der Waals surface area (Å²) in [4.78, 5) is 122. The molecule has 2 aromatic carbocycles. The molecule has 0 spiro atoms. The van der Waals surface area contributed by atoms with Gasteiger partial charge in [-0.2, -0.15) is 10.2 Å². The lowest BCUT2D eigenvalue weighted by Gasteiger charge is -2.35. The van der Waals surface area contributed by atoms with Gasteiger partial charge in [-0.05, 0) is 121 Å². The van der Waals surface area contributed by atoms with Gasteiger partial charge < -0.3 is 38.5 Å². The van der Waals surface area contributed by atoms with Crippen LogP contribution in [0, 0.1) is 34.2 Å². The van der Waals surface area contributed by atoms with Crippen LogP contribution in [0.1, 0.15) is 123 Å². The Morgan fingerprint density at radius 2 is 0.732 bits per heavy atom. The summed E-state index contributed by atoms with van der Waals surface area (Å²) in [6.07, 6.45) is 1.37. The highest BCUT2D eigenvalue weighted by molar-refractivity contribution is 14.1. The van der Waals surface area contributed by atoms with Crippen LogP contribution in [-0.4, -0.2) is 163 Å². The van der Waals surface area contributed by atoms with E-state index in [9.17, 15) is 28.8 Å². The van der Waals surface area contributed by atoms with Gasteiger partial charge in [0.05, 0.1) is 29.1 Å². The van der Waals surface area contributed by atoms with Gasteiger partial charge in [-0.3, -0.25) is 28.5 Å². The standard InChI is InChI=1S/C61H85IN8O12/c1-36(2)24-48-58(75)79-42(11)55(72)66(13)51(27-39(7)8)61(78)82-53(29-44-18-22-46(23-19-44)34-70-35-47(62)31-64-70)57(74)68(15)49(25-37(3)4)59(76)80-41(10)54(71)65(12)50(26-38(5)6)60(77)81-52(56(73)67(48)14)28-43-16-20-45(21-17-43)33-69-32-40(9)30-63-69/h16-23,30-32,35-39,41-42,48-53H,24-29,33-34H2,1-15H3/t41-,42-,48+,49+,50+,51+,52-,53-/m1/s1. The van der Waals surface area contributed by atoms with Crippen molar-refractivity contribution in [1.29, 1.82) is 0 Å². The van der Waals surface area contributed by atoms with E-state index in [4.69, 9.17) is 18.9 Å². The quantitative estimate of drug-likeness (QED) is 0.0622. The number of amides is 4. The zero-order chi connectivity index (χ0) is 60.9. The van der Waals surface area contributed by atoms with E-state index in [2.05, 4.69) is 32.8 Å². The molecule has 20 nitrogen and oxygen atoms in total. The van der Waals surface area contributed by atoms with Crippen molar-refractivity contribution < 1.29 is 57.3 Å². The Kier molecular flexibility index (Phi) is 24.3. The third-order valence-electron chi connectivity index (χ3n) is 14.4. The number of esters is 4.